The van der Waals surface area contributed by atoms with Crippen molar-refractivity contribution < 1.29 is 13.6 Å². The summed E-state index contributed by atoms with van der Waals surface area (Å²) in [6.45, 7) is 3.92. The summed E-state index contributed by atoms with van der Waals surface area (Å²) in [6, 6.07) is 9.57. The van der Waals surface area contributed by atoms with Gasteiger partial charge in [0, 0.05) is 13.1 Å². The number of hydrogen-bond donors (Lipinski definition) is 1. The largest absolute Gasteiger partial charge is 0.451 e. The highest BCUT2D eigenvalue weighted by Gasteiger charge is 2.36. The Labute approximate surface area is 140 Å². The minimum Gasteiger partial charge on any atom is -0.451 e. The number of carbonyl (C=O) groups is 1. The number of hydrogen-bond acceptors (Lipinski definition) is 3. The van der Waals surface area contributed by atoms with Crippen molar-refractivity contribution >= 4 is 18.3 Å². The Kier molecular flexibility index (Phi) is 5.12. The quantitative estimate of drug-likeness (QED) is 0.934. The Morgan fingerprint density at radius 1 is 1.35 bits per heavy atom. The van der Waals surface area contributed by atoms with Crippen LogP contribution in [0.15, 0.2) is 40.8 Å². The number of furan rings is 1. The van der Waals surface area contributed by atoms with Crippen LogP contribution in [-0.4, -0.2) is 30.4 Å². The van der Waals surface area contributed by atoms with Gasteiger partial charge in [0.05, 0.1) is 5.56 Å². The summed E-state index contributed by atoms with van der Waals surface area (Å²) in [6.07, 6.45) is 0.885. The number of nitrogens with zero attached hydrogens (tertiary/aromatic N) is 1. The normalized spacial score (nSPS) is 20.4. The fourth-order valence-corrected chi connectivity index (χ4v) is 2.78. The molecule has 1 aliphatic heterocycles. The van der Waals surface area contributed by atoms with E-state index in [-0.39, 0.29) is 35.3 Å². The molecule has 2 heterocycles. The van der Waals surface area contributed by atoms with Gasteiger partial charge in [-0.1, -0.05) is 19.1 Å². The molecule has 0 spiro atoms. The minimum absolute atomic E-state index is 0. The number of carbonyl (C=O) groups excluding carboxylic acids is 1. The number of benzene rings is 1. The first-order valence-corrected chi connectivity index (χ1v) is 7.36. The van der Waals surface area contributed by atoms with Gasteiger partial charge in [0.1, 0.15) is 11.6 Å². The summed E-state index contributed by atoms with van der Waals surface area (Å²) in [5.41, 5.74) is 6.09. The first kappa shape index (κ1) is 17.5. The van der Waals surface area contributed by atoms with Crippen molar-refractivity contribution in [2.45, 2.75) is 13.3 Å². The summed E-state index contributed by atoms with van der Waals surface area (Å²) >= 11 is 0. The highest BCUT2D eigenvalue weighted by Crippen LogP contribution is 2.31. The predicted octanol–water partition coefficient (Wildman–Crippen LogP) is 3.32. The minimum atomic E-state index is -0.368. The van der Waals surface area contributed by atoms with Crippen molar-refractivity contribution in [2.24, 2.45) is 11.1 Å². The van der Waals surface area contributed by atoms with Crippen LogP contribution in [0.2, 0.25) is 0 Å². The van der Waals surface area contributed by atoms with Crippen molar-refractivity contribution in [1.82, 2.24) is 4.90 Å². The number of halogens is 2. The van der Waals surface area contributed by atoms with E-state index in [9.17, 15) is 9.18 Å². The molecule has 3 rings (SSSR count). The fourth-order valence-electron chi connectivity index (χ4n) is 2.78. The van der Waals surface area contributed by atoms with Gasteiger partial charge in [-0.3, -0.25) is 4.79 Å². The first-order chi connectivity index (χ1) is 10.5. The van der Waals surface area contributed by atoms with Crippen LogP contribution in [0.25, 0.3) is 11.3 Å². The van der Waals surface area contributed by atoms with E-state index < -0.39 is 0 Å². The van der Waals surface area contributed by atoms with Gasteiger partial charge in [-0.25, -0.2) is 4.39 Å². The van der Waals surface area contributed by atoms with E-state index in [0.717, 1.165) is 6.42 Å². The third-order valence-electron chi connectivity index (χ3n) is 4.29. The van der Waals surface area contributed by atoms with Gasteiger partial charge in [-0.05, 0) is 42.6 Å². The van der Waals surface area contributed by atoms with Gasteiger partial charge < -0.3 is 15.1 Å². The monoisotopic (exact) mass is 338 g/mol. The highest BCUT2D eigenvalue weighted by atomic mass is 35.5. The Bertz CT molecular complexity index is 703. The van der Waals surface area contributed by atoms with Gasteiger partial charge in [0.25, 0.3) is 5.91 Å². The standard InChI is InChI=1S/C17H19FN2O2.ClH/c1-17(10-19)8-9-20(11-17)16(21)15-7-6-14(22-15)12-4-2-3-5-13(12)18;/h2-7H,8-11,19H2,1H3;1H. The summed E-state index contributed by atoms with van der Waals surface area (Å²) in [5.74, 6) is 0.0641. The van der Waals surface area contributed by atoms with E-state index in [1.165, 1.54) is 6.07 Å². The van der Waals surface area contributed by atoms with Crippen LogP contribution < -0.4 is 5.73 Å². The van der Waals surface area contributed by atoms with Gasteiger partial charge in [-0.15, -0.1) is 12.4 Å². The first-order valence-electron chi connectivity index (χ1n) is 7.36. The van der Waals surface area contributed by atoms with Gasteiger partial charge in [0.15, 0.2) is 5.76 Å². The molecule has 0 bridgehead atoms. The molecular formula is C17H20ClFN2O2. The lowest BCUT2D eigenvalue weighted by Gasteiger charge is -2.21. The third-order valence-corrected chi connectivity index (χ3v) is 4.29. The molecule has 23 heavy (non-hydrogen) atoms. The van der Waals surface area contributed by atoms with Gasteiger partial charge in [0.2, 0.25) is 0 Å². The molecule has 6 heteroatoms. The van der Waals surface area contributed by atoms with Crippen molar-refractivity contribution in [2.75, 3.05) is 19.6 Å². The SMILES string of the molecule is CC1(CN)CCN(C(=O)c2ccc(-c3ccccc3F)o2)C1.Cl. The lowest BCUT2D eigenvalue weighted by atomic mass is 9.90. The fraction of sp³-hybridized carbons (Fsp3) is 0.353. The molecule has 4 nitrogen and oxygen atoms in total. The summed E-state index contributed by atoms with van der Waals surface area (Å²) in [5, 5.41) is 0. The van der Waals surface area contributed by atoms with Crippen molar-refractivity contribution in [3.63, 3.8) is 0 Å². The molecule has 1 aliphatic rings. The van der Waals surface area contributed by atoms with E-state index in [1.54, 1.807) is 35.2 Å². The molecule has 124 valence electrons. The number of likely N-dealkylation sites (tertiary alicyclic amines) is 1. The van der Waals surface area contributed by atoms with Crippen LogP contribution in [0.1, 0.15) is 23.9 Å². The Hall–Kier alpha value is -1.85. The highest BCUT2D eigenvalue weighted by molar-refractivity contribution is 5.92. The van der Waals surface area contributed by atoms with Crippen molar-refractivity contribution in [3.8, 4) is 11.3 Å². The van der Waals surface area contributed by atoms with E-state index in [0.29, 0.717) is 31.0 Å². The molecule has 0 saturated carbocycles. The van der Waals surface area contributed by atoms with E-state index >= 15 is 0 Å². The summed E-state index contributed by atoms with van der Waals surface area (Å²) in [7, 11) is 0. The predicted molar refractivity (Wildman–Crippen MR) is 89.0 cm³/mol. The van der Waals surface area contributed by atoms with Gasteiger partial charge in [-0.2, -0.15) is 0 Å². The van der Waals surface area contributed by atoms with Crippen LogP contribution in [0.3, 0.4) is 0 Å². The van der Waals surface area contributed by atoms with Gasteiger partial charge >= 0.3 is 0 Å². The maximum absolute atomic E-state index is 13.8. The molecular weight excluding hydrogens is 319 g/mol. The maximum atomic E-state index is 13.8. The zero-order valence-electron chi connectivity index (χ0n) is 12.9. The Morgan fingerprint density at radius 2 is 2.09 bits per heavy atom. The molecule has 0 aliphatic carbocycles. The van der Waals surface area contributed by atoms with E-state index in [4.69, 9.17) is 10.2 Å². The van der Waals surface area contributed by atoms with Crippen LogP contribution in [0, 0.1) is 11.2 Å². The Morgan fingerprint density at radius 3 is 2.74 bits per heavy atom. The molecule has 0 radical (unpaired) electrons. The zero-order chi connectivity index (χ0) is 15.7. The topological polar surface area (TPSA) is 59.5 Å². The molecule has 1 atom stereocenters. The molecule has 1 saturated heterocycles. The third kappa shape index (κ3) is 3.41. The zero-order valence-corrected chi connectivity index (χ0v) is 13.7. The lowest BCUT2D eigenvalue weighted by molar-refractivity contribution is 0.0746. The average Bonchev–Trinajstić information content (AvgIpc) is 3.15. The van der Waals surface area contributed by atoms with E-state index in [2.05, 4.69) is 6.92 Å². The smallest absolute Gasteiger partial charge is 0.289 e. The van der Waals surface area contributed by atoms with Crippen LogP contribution >= 0.6 is 12.4 Å². The van der Waals surface area contributed by atoms with Crippen LogP contribution in [0.4, 0.5) is 4.39 Å². The average molecular weight is 339 g/mol. The van der Waals surface area contributed by atoms with Crippen LogP contribution in [-0.2, 0) is 0 Å². The van der Waals surface area contributed by atoms with Crippen molar-refractivity contribution in [3.05, 3.63) is 48.0 Å². The maximum Gasteiger partial charge on any atom is 0.289 e. The molecule has 1 amide bonds. The second-order valence-electron chi connectivity index (χ2n) is 6.14. The molecule has 1 aromatic carbocycles. The van der Waals surface area contributed by atoms with E-state index in [1.807, 2.05) is 0 Å². The number of nitrogens with two attached hydrogens (primary N) is 1. The molecule has 1 fully saturated rings. The number of amides is 1. The lowest BCUT2D eigenvalue weighted by Crippen LogP contribution is -2.34. The van der Waals surface area contributed by atoms with Crippen LogP contribution in [0.5, 0.6) is 0 Å². The molecule has 1 unspecified atom stereocenters. The molecule has 1 aromatic heterocycles. The Balaban J connectivity index is 0.00000192. The second-order valence-corrected chi connectivity index (χ2v) is 6.14. The molecule has 2 aromatic rings. The number of rotatable bonds is 3. The summed E-state index contributed by atoms with van der Waals surface area (Å²) < 4.78 is 19.3. The molecule has 2 N–H and O–H groups in total. The second kappa shape index (κ2) is 6.72. The van der Waals surface area contributed by atoms with Crippen molar-refractivity contribution in [1.29, 1.82) is 0 Å². The summed E-state index contributed by atoms with van der Waals surface area (Å²) in [4.78, 5) is 14.2.